The predicted molar refractivity (Wildman–Crippen MR) is 119 cm³/mol. The lowest BCUT2D eigenvalue weighted by Gasteiger charge is -2.18. The summed E-state index contributed by atoms with van der Waals surface area (Å²) in [5.74, 6) is 2.46. The lowest BCUT2D eigenvalue weighted by atomic mass is 10.00. The minimum Gasteiger partial charge on any atom is -0.356 e. The number of benzene rings is 1. The average molecular weight is 407 g/mol. The molecule has 0 aliphatic heterocycles. The fourth-order valence-electron chi connectivity index (χ4n) is 3.14. The zero-order chi connectivity index (χ0) is 21.3. The van der Waals surface area contributed by atoms with Crippen molar-refractivity contribution in [2.75, 3.05) is 13.6 Å². The Morgan fingerprint density at radius 3 is 2.57 bits per heavy atom. The summed E-state index contributed by atoms with van der Waals surface area (Å²) in [4.78, 5) is 12.9. The van der Waals surface area contributed by atoms with E-state index in [1.807, 2.05) is 18.2 Å². The van der Waals surface area contributed by atoms with Crippen molar-refractivity contribution >= 4 is 5.96 Å². The van der Waals surface area contributed by atoms with Crippen LogP contribution in [0.25, 0.3) is 11.6 Å². The van der Waals surface area contributed by atoms with Gasteiger partial charge in [-0.3, -0.25) is 9.98 Å². The Bertz CT molecular complexity index is 934. The molecular weight excluding hydrogens is 376 g/mol. The standard InChI is InChI=1S/C23H30N6O/c1-16(2)15-18-8-10-19(11-9-18)17(3)27-23(24-4)26-14-12-21-28-22(30-29-21)20-7-5-6-13-25-20/h5-11,13,16-17H,12,14-15H2,1-4H3,(H2,24,26,27). The second-order valence-corrected chi connectivity index (χ2v) is 7.69. The van der Waals surface area contributed by atoms with Gasteiger partial charge in [-0.2, -0.15) is 4.98 Å². The van der Waals surface area contributed by atoms with E-state index in [-0.39, 0.29) is 6.04 Å². The molecule has 2 heterocycles. The van der Waals surface area contributed by atoms with Crippen LogP contribution in [0.1, 0.15) is 43.8 Å². The molecule has 7 nitrogen and oxygen atoms in total. The number of aliphatic imine (C=N–C) groups is 1. The molecule has 0 aliphatic carbocycles. The second kappa shape index (κ2) is 10.5. The van der Waals surface area contributed by atoms with E-state index < -0.39 is 0 Å². The van der Waals surface area contributed by atoms with E-state index in [1.54, 1.807) is 13.2 Å². The quantitative estimate of drug-likeness (QED) is 0.437. The van der Waals surface area contributed by atoms with Crippen molar-refractivity contribution in [3.05, 3.63) is 65.6 Å². The summed E-state index contributed by atoms with van der Waals surface area (Å²) < 4.78 is 5.29. The van der Waals surface area contributed by atoms with Gasteiger partial charge in [0.25, 0.3) is 5.89 Å². The molecule has 0 saturated carbocycles. The number of rotatable bonds is 8. The number of nitrogens with zero attached hydrogens (tertiary/aromatic N) is 4. The molecule has 0 amide bonds. The normalized spacial score (nSPS) is 12.8. The van der Waals surface area contributed by atoms with Crippen molar-refractivity contribution in [3.8, 4) is 11.6 Å². The molecule has 0 fully saturated rings. The molecule has 7 heteroatoms. The molecule has 3 rings (SSSR count). The average Bonchev–Trinajstić information content (AvgIpc) is 3.22. The summed E-state index contributed by atoms with van der Waals surface area (Å²) >= 11 is 0. The molecule has 0 aliphatic rings. The van der Waals surface area contributed by atoms with Crippen LogP contribution in [0, 0.1) is 5.92 Å². The second-order valence-electron chi connectivity index (χ2n) is 7.69. The molecule has 3 aromatic rings. The highest BCUT2D eigenvalue weighted by Gasteiger charge is 2.11. The highest BCUT2D eigenvalue weighted by molar-refractivity contribution is 5.80. The van der Waals surface area contributed by atoms with Gasteiger partial charge in [-0.1, -0.05) is 49.3 Å². The maximum absolute atomic E-state index is 5.29. The number of nitrogens with one attached hydrogen (secondary N) is 2. The molecule has 1 unspecified atom stereocenters. The van der Waals surface area contributed by atoms with Crippen molar-refractivity contribution in [1.29, 1.82) is 0 Å². The van der Waals surface area contributed by atoms with Crippen LogP contribution in [0.3, 0.4) is 0 Å². The first-order valence-electron chi connectivity index (χ1n) is 10.3. The fourth-order valence-corrected chi connectivity index (χ4v) is 3.14. The van der Waals surface area contributed by atoms with Gasteiger partial charge in [0.15, 0.2) is 11.8 Å². The van der Waals surface area contributed by atoms with Gasteiger partial charge >= 0.3 is 0 Å². The zero-order valence-corrected chi connectivity index (χ0v) is 18.1. The van der Waals surface area contributed by atoms with E-state index in [9.17, 15) is 0 Å². The number of hydrogen-bond donors (Lipinski definition) is 2. The van der Waals surface area contributed by atoms with E-state index in [1.165, 1.54) is 11.1 Å². The minimum absolute atomic E-state index is 0.144. The molecule has 30 heavy (non-hydrogen) atoms. The first-order chi connectivity index (χ1) is 14.5. The van der Waals surface area contributed by atoms with Crippen LogP contribution in [-0.4, -0.2) is 34.7 Å². The number of guanidine groups is 1. The molecule has 0 spiro atoms. The zero-order valence-electron chi connectivity index (χ0n) is 18.1. The van der Waals surface area contributed by atoms with Crippen molar-refractivity contribution in [2.45, 2.75) is 39.7 Å². The molecule has 0 radical (unpaired) electrons. The van der Waals surface area contributed by atoms with Gasteiger partial charge in [0.1, 0.15) is 5.69 Å². The predicted octanol–water partition coefficient (Wildman–Crippen LogP) is 3.80. The van der Waals surface area contributed by atoms with Crippen molar-refractivity contribution in [3.63, 3.8) is 0 Å². The monoisotopic (exact) mass is 406 g/mol. The number of hydrogen-bond acceptors (Lipinski definition) is 5. The number of pyridine rings is 1. The van der Waals surface area contributed by atoms with Crippen LogP contribution in [0.4, 0.5) is 0 Å². The van der Waals surface area contributed by atoms with Gasteiger partial charge in [0.2, 0.25) is 0 Å². The Morgan fingerprint density at radius 1 is 1.10 bits per heavy atom. The minimum atomic E-state index is 0.144. The van der Waals surface area contributed by atoms with Gasteiger partial charge in [-0.05, 0) is 42.5 Å². The Morgan fingerprint density at radius 2 is 1.90 bits per heavy atom. The Hall–Kier alpha value is -3.22. The third-order valence-corrected chi connectivity index (χ3v) is 4.69. The molecule has 0 bridgehead atoms. The molecule has 1 atom stereocenters. The van der Waals surface area contributed by atoms with Crippen molar-refractivity contribution in [2.24, 2.45) is 10.9 Å². The first kappa shape index (κ1) is 21.5. The summed E-state index contributed by atoms with van der Waals surface area (Å²) in [6.07, 6.45) is 3.42. The van der Waals surface area contributed by atoms with Gasteiger partial charge < -0.3 is 15.2 Å². The molecular formula is C23H30N6O. The van der Waals surface area contributed by atoms with Crippen LogP contribution < -0.4 is 10.6 Å². The largest absolute Gasteiger partial charge is 0.356 e. The summed E-state index contributed by atoms with van der Waals surface area (Å²) in [5.41, 5.74) is 3.27. The third kappa shape index (κ3) is 6.14. The summed E-state index contributed by atoms with van der Waals surface area (Å²) in [6, 6.07) is 14.5. The van der Waals surface area contributed by atoms with E-state index in [2.05, 4.69) is 75.8 Å². The van der Waals surface area contributed by atoms with Crippen molar-refractivity contribution < 1.29 is 4.52 Å². The lowest BCUT2D eigenvalue weighted by Crippen LogP contribution is -2.39. The highest BCUT2D eigenvalue weighted by Crippen LogP contribution is 2.16. The lowest BCUT2D eigenvalue weighted by molar-refractivity contribution is 0.421. The first-order valence-corrected chi connectivity index (χ1v) is 10.3. The molecule has 0 saturated heterocycles. The summed E-state index contributed by atoms with van der Waals surface area (Å²) in [6.45, 7) is 7.24. The van der Waals surface area contributed by atoms with Crippen LogP contribution in [0.15, 0.2) is 58.2 Å². The van der Waals surface area contributed by atoms with Gasteiger partial charge in [-0.25, -0.2) is 0 Å². The Kier molecular flexibility index (Phi) is 7.54. The fraction of sp³-hybridized carbons (Fsp3) is 0.391. The SMILES string of the molecule is CN=C(NCCc1noc(-c2ccccn2)n1)NC(C)c1ccc(CC(C)C)cc1. The topological polar surface area (TPSA) is 88.2 Å². The van der Waals surface area contributed by atoms with Crippen LogP contribution in [-0.2, 0) is 12.8 Å². The van der Waals surface area contributed by atoms with E-state index in [0.717, 1.165) is 12.4 Å². The number of aromatic nitrogens is 3. The molecule has 2 aromatic heterocycles. The smallest absolute Gasteiger partial charge is 0.276 e. The third-order valence-electron chi connectivity index (χ3n) is 4.69. The molecule has 1 aromatic carbocycles. The van der Waals surface area contributed by atoms with Crippen LogP contribution in [0.5, 0.6) is 0 Å². The maximum Gasteiger partial charge on any atom is 0.276 e. The van der Waals surface area contributed by atoms with Crippen LogP contribution in [0.2, 0.25) is 0 Å². The van der Waals surface area contributed by atoms with Gasteiger partial charge in [-0.15, -0.1) is 0 Å². The van der Waals surface area contributed by atoms with Crippen molar-refractivity contribution in [1.82, 2.24) is 25.8 Å². The summed E-state index contributed by atoms with van der Waals surface area (Å²) in [5, 5.41) is 10.8. The van der Waals surface area contributed by atoms with E-state index >= 15 is 0 Å². The Balaban J connectivity index is 1.48. The van der Waals surface area contributed by atoms with Crippen LogP contribution >= 0.6 is 0 Å². The van der Waals surface area contributed by atoms with Gasteiger partial charge in [0.05, 0.1) is 6.04 Å². The maximum atomic E-state index is 5.29. The Labute approximate surface area is 178 Å². The van der Waals surface area contributed by atoms with E-state index in [0.29, 0.717) is 36.3 Å². The molecule has 158 valence electrons. The van der Waals surface area contributed by atoms with Gasteiger partial charge in [0, 0.05) is 26.2 Å². The summed E-state index contributed by atoms with van der Waals surface area (Å²) in [7, 11) is 1.77. The highest BCUT2D eigenvalue weighted by atomic mass is 16.5. The molecule has 2 N–H and O–H groups in total. The van der Waals surface area contributed by atoms with E-state index in [4.69, 9.17) is 4.52 Å².